The first kappa shape index (κ1) is 9.97. The van der Waals surface area contributed by atoms with E-state index in [1.165, 1.54) is 6.20 Å². The van der Waals surface area contributed by atoms with Gasteiger partial charge in [-0.3, -0.25) is 4.79 Å². The molecule has 2 heterocycles. The van der Waals surface area contributed by atoms with E-state index in [0.29, 0.717) is 11.4 Å². The van der Waals surface area contributed by atoms with Gasteiger partial charge in [0, 0.05) is 0 Å². The number of amides is 1. The molecule has 0 bridgehead atoms. The predicted molar refractivity (Wildman–Crippen MR) is 56.3 cm³/mol. The molecule has 1 fully saturated rings. The fourth-order valence-electron chi connectivity index (χ4n) is 1.90. The second-order valence-corrected chi connectivity index (χ2v) is 3.73. The Morgan fingerprint density at radius 3 is 2.73 bits per heavy atom. The highest BCUT2D eigenvalue weighted by atomic mass is 16.1. The summed E-state index contributed by atoms with van der Waals surface area (Å²) in [5, 5.41) is 7.38. The summed E-state index contributed by atoms with van der Waals surface area (Å²) in [4.78, 5) is 11.0. The molecule has 1 aliphatic heterocycles. The number of anilines is 1. The highest BCUT2D eigenvalue weighted by Crippen LogP contribution is 2.22. The molecule has 6 nitrogen and oxygen atoms in total. The maximum absolute atomic E-state index is 11.0. The van der Waals surface area contributed by atoms with E-state index in [-0.39, 0.29) is 6.04 Å². The molecule has 0 aromatic carbocycles. The number of hydrogen-bond acceptors (Lipinski definition) is 4. The molecule has 0 spiro atoms. The number of carbonyl (C=O) groups is 1. The number of nitrogens with one attached hydrogen (secondary N) is 1. The van der Waals surface area contributed by atoms with Gasteiger partial charge in [0.15, 0.2) is 0 Å². The molecule has 6 heteroatoms. The topological polar surface area (TPSA) is 99.0 Å². The minimum absolute atomic E-state index is 0.277. The van der Waals surface area contributed by atoms with Crippen molar-refractivity contribution in [1.29, 1.82) is 0 Å². The van der Waals surface area contributed by atoms with Crippen molar-refractivity contribution in [3.05, 3.63) is 11.8 Å². The zero-order valence-electron chi connectivity index (χ0n) is 8.44. The van der Waals surface area contributed by atoms with Gasteiger partial charge in [0.05, 0.1) is 12.2 Å². The third-order valence-corrected chi connectivity index (χ3v) is 2.75. The third-order valence-electron chi connectivity index (χ3n) is 2.75. The number of nitrogens with zero attached hydrogens (tertiary/aromatic N) is 2. The van der Waals surface area contributed by atoms with Crippen LogP contribution in [0.2, 0.25) is 0 Å². The van der Waals surface area contributed by atoms with Crippen molar-refractivity contribution in [3.8, 4) is 0 Å². The van der Waals surface area contributed by atoms with Gasteiger partial charge in [-0.05, 0) is 25.9 Å². The molecule has 82 valence electrons. The van der Waals surface area contributed by atoms with Crippen molar-refractivity contribution < 1.29 is 4.79 Å². The Morgan fingerprint density at radius 2 is 2.20 bits per heavy atom. The number of nitrogens with two attached hydrogens (primary N) is 2. The van der Waals surface area contributed by atoms with E-state index in [1.807, 2.05) is 0 Å². The third kappa shape index (κ3) is 1.80. The van der Waals surface area contributed by atoms with Gasteiger partial charge < -0.3 is 16.8 Å². The van der Waals surface area contributed by atoms with Gasteiger partial charge in [-0.25, -0.2) is 4.68 Å². The summed E-state index contributed by atoms with van der Waals surface area (Å²) in [6.45, 7) is 1.91. The average molecular weight is 209 g/mol. The summed E-state index contributed by atoms with van der Waals surface area (Å²) < 4.78 is 1.71. The largest absolute Gasteiger partial charge is 0.383 e. The number of nitrogen functional groups attached to an aromatic ring is 1. The van der Waals surface area contributed by atoms with Gasteiger partial charge in [0.2, 0.25) is 0 Å². The number of primary amides is 1. The van der Waals surface area contributed by atoms with Crippen molar-refractivity contribution in [2.75, 3.05) is 18.8 Å². The second kappa shape index (κ2) is 3.90. The van der Waals surface area contributed by atoms with Crippen LogP contribution in [0.25, 0.3) is 0 Å². The van der Waals surface area contributed by atoms with Gasteiger partial charge in [-0.15, -0.1) is 0 Å². The molecule has 0 radical (unpaired) electrons. The van der Waals surface area contributed by atoms with Crippen molar-refractivity contribution in [2.24, 2.45) is 5.73 Å². The fourth-order valence-corrected chi connectivity index (χ4v) is 1.90. The molecule has 0 aliphatic carbocycles. The van der Waals surface area contributed by atoms with Gasteiger partial charge in [0.1, 0.15) is 11.4 Å². The molecular formula is C9H15N5O. The Hall–Kier alpha value is -1.56. The van der Waals surface area contributed by atoms with Crippen LogP contribution in [0.3, 0.4) is 0 Å². The molecule has 15 heavy (non-hydrogen) atoms. The van der Waals surface area contributed by atoms with E-state index < -0.39 is 5.91 Å². The molecule has 1 aromatic heterocycles. The average Bonchev–Trinajstić information content (AvgIpc) is 2.61. The van der Waals surface area contributed by atoms with Gasteiger partial charge in [0.25, 0.3) is 5.91 Å². The maximum atomic E-state index is 11.0. The Bertz CT molecular complexity index is 367. The van der Waals surface area contributed by atoms with Crippen molar-refractivity contribution in [1.82, 2.24) is 15.1 Å². The van der Waals surface area contributed by atoms with E-state index in [1.54, 1.807) is 4.68 Å². The van der Waals surface area contributed by atoms with Crippen molar-refractivity contribution >= 4 is 11.7 Å². The maximum Gasteiger partial charge on any atom is 0.254 e. The monoisotopic (exact) mass is 209 g/mol. The van der Waals surface area contributed by atoms with E-state index in [9.17, 15) is 4.79 Å². The SMILES string of the molecule is NC(=O)c1cnn(C2CCNCC2)c1N. The van der Waals surface area contributed by atoms with Crippen LogP contribution in [0.4, 0.5) is 5.82 Å². The normalized spacial score (nSPS) is 17.9. The number of hydrogen-bond donors (Lipinski definition) is 3. The van der Waals surface area contributed by atoms with Crippen molar-refractivity contribution in [2.45, 2.75) is 18.9 Å². The number of carbonyl (C=O) groups excluding carboxylic acids is 1. The van der Waals surface area contributed by atoms with Gasteiger partial charge >= 0.3 is 0 Å². The first-order chi connectivity index (χ1) is 7.20. The lowest BCUT2D eigenvalue weighted by atomic mass is 10.1. The van der Waals surface area contributed by atoms with Crippen LogP contribution in [-0.2, 0) is 0 Å². The first-order valence-corrected chi connectivity index (χ1v) is 5.03. The van der Waals surface area contributed by atoms with Crippen LogP contribution >= 0.6 is 0 Å². The predicted octanol–water partition coefficient (Wildman–Crippen LogP) is -0.511. The Balaban J connectivity index is 2.24. The number of rotatable bonds is 2. The van der Waals surface area contributed by atoms with Crippen molar-refractivity contribution in [3.63, 3.8) is 0 Å². The zero-order chi connectivity index (χ0) is 10.8. The summed E-state index contributed by atoms with van der Waals surface area (Å²) in [5.74, 6) is -0.137. The molecule has 5 N–H and O–H groups in total. The lowest BCUT2D eigenvalue weighted by Gasteiger charge is -2.23. The smallest absolute Gasteiger partial charge is 0.254 e. The molecule has 2 rings (SSSR count). The fraction of sp³-hybridized carbons (Fsp3) is 0.556. The summed E-state index contributed by atoms with van der Waals surface area (Å²) in [7, 11) is 0. The molecule has 0 saturated carbocycles. The Morgan fingerprint density at radius 1 is 1.53 bits per heavy atom. The molecule has 1 aliphatic rings. The molecular weight excluding hydrogens is 194 g/mol. The second-order valence-electron chi connectivity index (χ2n) is 3.73. The van der Waals surface area contributed by atoms with E-state index >= 15 is 0 Å². The number of piperidine rings is 1. The molecule has 0 unspecified atom stereocenters. The van der Waals surface area contributed by atoms with Crippen LogP contribution in [0.1, 0.15) is 29.2 Å². The van der Waals surface area contributed by atoms with Crippen LogP contribution in [0, 0.1) is 0 Å². The van der Waals surface area contributed by atoms with Gasteiger partial charge in [-0.2, -0.15) is 5.10 Å². The van der Waals surface area contributed by atoms with Crippen LogP contribution in [0.15, 0.2) is 6.20 Å². The zero-order valence-corrected chi connectivity index (χ0v) is 8.44. The molecule has 1 aromatic rings. The van der Waals surface area contributed by atoms with E-state index in [2.05, 4.69) is 10.4 Å². The van der Waals surface area contributed by atoms with E-state index in [0.717, 1.165) is 25.9 Å². The Labute approximate surface area is 87.6 Å². The molecule has 1 saturated heterocycles. The van der Waals surface area contributed by atoms with Crippen LogP contribution in [0.5, 0.6) is 0 Å². The first-order valence-electron chi connectivity index (χ1n) is 5.03. The summed E-state index contributed by atoms with van der Waals surface area (Å²) in [6.07, 6.45) is 3.40. The summed E-state index contributed by atoms with van der Waals surface area (Å²) in [5.41, 5.74) is 11.3. The molecule has 0 atom stereocenters. The Kier molecular flexibility index (Phi) is 2.59. The van der Waals surface area contributed by atoms with Crippen LogP contribution in [-0.4, -0.2) is 28.8 Å². The minimum atomic E-state index is -0.521. The highest BCUT2D eigenvalue weighted by Gasteiger charge is 2.20. The standard InChI is InChI=1S/C9H15N5O/c10-8-7(9(11)15)5-13-14(8)6-1-3-12-4-2-6/h5-6,12H,1-4,10H2,(H2,11,15). The lowest BCUT2D eigenvalue weighted by Crippen LogP contribution is -2.30. The summed E-state index contributed by atoms with van der Waals surface area (Å²) in [6, 6.07) is 0.277. The van der Waals surface area contributed by atoms with E-state index in [4.69, 9.17) is 11.5 Å². The molecule has 1 amide bonds. The number of aromatic nitrogens is 2. The minimum Gasteiger partial charge on any atom is -0.383 e. The van der Waals surface area contributed by atoms with Crippen LogP contribution < -0.4 is 16.8 Å². The van der Waals surface area contributed by atoms with Gasteiger partial charge in [-0.1, -0.05) is 0 Å². The lowest BCUT2D eigenvalue weighted by molar-refractivity contribution is 0.100. The quantitative estimate of drug-likeness (QED) is 0.610. The summed E-state index contributed by atoms with van der Waals surface area (Å²) >= 11 is 0. The highest BCUT2D eigenvalue weighted by molar-refractivity contribution is 5.96.